The smallest absolute Gasteiger partial charge is 0.245 e. The standard InChI is InChI=1S/C9H15N5/c10-4-3-8-7-11-13-9(12-8)14-5-1-2-6-14/h7H,1-6,10H2. The summed E-state index contributed by atoms with van der Waals surface area (Å²) in [6.07, 6.45) is 4.91. The molecule has 2 rings (SSSR count). The third-order valence-electron chi connectivity index (χ3n) is 2.39. The minimum absolute atomic E-state index is 0.609. The number of hydrogen-bond donors (Lipinski definition) is 1. The Morgan fingerprint density at radius 3 is 2.86 bits per heavy atom. The molecule has 0 spiro atoms. The summed E-state index contributed by atoms with van der Waals surface area (Å²) < 4.78 is 0. The highest BCUT2D eigenvalue weighted by Crippen LogP contribution is 2.14. The molecule has 0 aromatic carbocycles. The zero-order valence-electron chi connectivity index (χ0n) is 8.19. The molecule has 1 aliphatic heterocycles. The van der Waals surface area contributed by atoms with Gasteiger partial charge in [-0.2, -0.15) is 5.10 Å². The quantitative estimate of drug-likeness (QED) is 0.730. The van der Waals surface area contributed by atoms with Gasteiger partial charge >= 0.3 is 0 Å². The molecule has 1 aromatic rings. The van der Waals surface area contributed by atoms with E-state index in [1.807, 2.05) is 0 Å². The van der Waals surface area contributed by atoms with E-state index in [9.17, 15) is 0 Å². The van der Waals surface area contributed by atoms with Crippen LogP contribution >= 0.6 is 0 Å². The highest BCUT2D eigenvalue weighted by atomic mass is 15.3. The van der Waals surface area contributed by atoms with Crippen molar-refractivity contribution in [2.24, 2.45) is 5.73 Å². The zero-order chi connectivity index (χ0) is 9.80. The van der Waals surface area contributed by atoms with Gasteiger partial charge in [0.05, 0.1) is 11.9 Å². The SMILES string of the molecule is NCCc1cnnc(N2CCCC2)n1. The number of anilines is 1. The maximum absolute atomic E-state index is 5.46. The Bertz CT molecular complexity index is 295. The van der Waals surface area contributed by atoms with Crippen molar-refractivity contribution in [2.75, 3.05) is 24.5 Å². The summed E-state index contributed by atoms with van der Waals surface area (Å²) in [5.41, 5.74) is 6.40. The largest absolute Gasteiger partial charge is 0.340 e. The Hall–Kier alpha value is -1.23. The molecule has 1 aromatic heterocycles. The normalized spacial score (nSPS) is 16.2. The van der Waals surface area contributed by atoms with Gasteiger partial charge in [0.15, 0.2) is 0 Å². The lowest BCUT2D eigenvalue weighted by Crippen LogP contribution is -2.21. The monoisotopic (exact) mass is 193 g/mol. The lowest BCUT2D eigenvalue weighted by atomic mass is 10.3. The number of aromatic nitrogens is 3. The van der Waals surface area contributed by atoms with Gasteiger partial charge in [0.25, 0.3) is 0 Å². The molecule has 2 heterocycles. The summed E-state index contributed by atoms with van der Waals surface area (Å²) in [6, 6.07) is 0. The Kier molecular flexibility index (Phi) is 2.88. The van der Waals surface area contributed by atoms with Crippen LogP contribution in [-0.4, -0.2) is 34.8 Å². The zero-order valence-corrected chi connectivity index (χ0v) is 8.19. The Morgan fingerprint density at radius 1 is 1.36 bits per heavy atom. The van der Waals surface area contributed by atoms with Gasteiger partial charge in [-0.1, -0.05) is 0 Å². The molecular weight excluding hydrogens is 178 g/mol. The highest BCUT2D eigenvalue weighted by molar-refractivity contribution is 5.29. The third-order valence-corrected chi connectivity index (χ3v) is 2.39. The van der Waals surface area contributed by atoms with Crippen molar-refractivity contribution < 1.29 is 0 Å². The fourth-order valence-electron chi connectivity index (χ4n) is 1.65. The predicted octanol–water partition coefficient (Wildman–Crippen LogP) is -0.0270. The van der Waals surface area contributed by atoms with Crippen molar-refractivity contribution in [3.05, 3.63) is 11.9 Å². The summed E-state index contributed by atoms with van der Waals surface area (Å²) in [6.45, 7) is 2.71. The lowest BCUT2D eigenvalue weighted by molar-refractivity contribution is 0.808. The minimum atomic E-state index is 0.609. The van der Waals surface area contributed by atoms with Gasteiger partial charge in [-0.15, -0.1) is 5.10 Å². The molecule has 0 amide bonds. The minimum Gasteiger partial charge on any atom is -0.340 e. The van der Waals surface area contributed by atoms with Crippen molar-refractivity contribution in [3.8, 4) is 0 Å². The van der Waals surface area contributed by atoms with Crippen LogP contribution in [0.3, 0.4) is 0 Å². The molecule has 0 aliphatic carbocycles. The van der Waals surface area contributed by atoms with Gasteiger partial charge in [-0.25, -0.2) is 4.98 Å². The molecule has 0 unspecified atom stereocenters. The van der Waals surface area contributed by atoms with E-state index in [-0.39, 0.29) is 0 Å². The topological polar surface area (TPSA) is 67.9 Å². The van der Waals surface area contributed by atoms with Crippen molar-refractivity contribution in [1.29, 1.82) is 0 Å². The summed E-state index contributed by atoms with van der Waals surface area (Å²) in [5, 5.41) is 7.97. The van der Waals surface area contributed by atoms with E-state index >= 15 is 0 Å². The van der Waals surface area contributed by atoms with Gasteiger partial charge in [0.2, 0.25) is 5.95 Å². The van der Waals surface area contributed by atoms with Crippen LogP contribution in [0.5, 0.6) is 0 Å². The molecule has 76 valence electrons. The van der Waals surface area contributed by atoms with Crippen LogP contribution in [0.1, 0.15) is 18.5 Å². The van der Waals surface area contributed by atoms with Crippen LogP contribution in [-0.2, 0) is 6.42 Å². The molecular formula is C9H15N5. The van der Waals surface area contributed by atoms with Gasteiger partial charge in [0.1, 0.15) is 0 Å². The number of rotatable bonds is 3. The van der Waals surface area contributed by atoms with Crippen LogP contribution in [0.2, 0.25) is 0 Å². The van der Waals surface area contributed by atoms with Gasteiger partial charge in [-0.05, 0) is 19.4 Å². The van der Waals surface area contributed by atoms with E-state index < -0.39 is 0 Å². The molecule has 1 fully saturated rings. The van der Waals surface area contributed by atoms with Crippen molar-refractivity contribution >= 4 is 5.95 Å². The molecule has 5 nitrogen and oxygen atoms in total. The predicted molar refractivity (Wildman–Crippen MR) is 54.0 cm³/mol. The maximum atomic E-state index is 5.46. The fourth-order valence-corrected chi connectivity index (χ4v) is 1.65. The van der Waals surface area contributed by atoms with Crippen LogP contribution in [0.25, 0.3) is 0 Å². The van der Waals surface area contributed by atoms with E-state index in [1.165, 1.54) is 12.8 Å². The number of hydrogen-bond acceptors (Lipinski definition) is 5. The average Bonchev–Trinajstić information content (AvgIpc) is 2.71. The van der Waals surface area contributed by atoms with Crippen LogP contribution < -0.4 is 10.6 Å². The summed E-state index contributed by atoms with van der Waals surface area (Å²) in [4.78, 5) is 6.59. The molecule has 1 aliphatic rings. The Morgan fingerprint density at radius 2 is 2.14 bits per heavy atom. The molecule has 0 atom stereocenters. The second kappa shape index (κ2) is 4.32. The summed E-state index contributed by atoms with van der Waals surface area (Å²) >= 11 is 0. The van der Waals surface area contributed by atoms with Gasteiger partial charge in [0, 0.05) is 19.5 Å². The van der Waals surface area contributed by atoms with Gasteiger partial charge < -0.3 is 10.6 Å². The number of nitrogens with zero attached hydrogens (tertiary/aromatic N) is 4. The van der Waals surface area contributed by atoms with Crippen molar-refractivity contribution in [2.45, 2.75) is 19.3 Å². The molecule has 5 heteroatoms. The molecule has 0 saturated carbocycles. The summed E-state index contributed by atoms with van der Waals surface area (Å²) in [7, 11) is 0. The molecule has 0 bridgehead atoms. The molecule has 1 saturated heterocycles. The van der Waals surface area contributed by atoms with E-state index in [4.69, 9.17) is 5.73 Å². The van der Waals surface area contributed by atoms with Crippen LogP contribution in [0.4, 0.5) is 5.95 Å². The van der Waals surface area contributed by atoms with Crippen molar-refractivity contribution in [1.82, 2.24) is 15.2 Å². The fraction of sp³-hybridized carbons (Fsp3) is 0.667. The second-order valence-electron chi connectivity index (χ2n) is 3.48. The molecule has 0 radical (unpaired) electrons. The molecule has 14 heavy (non-hydrogen) atoms. The average molecular weight is 193 g/mol. The van der Waals surface area contributed by atoms with E-state index in [0.29, 0.717) is 6.54 Å². The third kappa shape index (κ3) is 1.98. The first-order valence-corrected chi connectivity index (χ1v) is 5.04. The Labute approximate surface area is 83.3 Å². The van der Waals surface area contributed by atoms with Gasteiger partial charge in [-0.3, -0.25) is 0 Å². The first-order chi connectivity index (χ1) is 6.90. The number of nitrogens with two attached hydrogens (primary N) is 1. The second-order valence-corrected chi connectivity index (χ2v) is 3.48. The highest BCUT2D eigenvalue weighted by Gasteiger charge is 2.15. The maximum Gasteiger partial charge on any atom is 0.245 e. The van der Waals surface area contributed by atoms with Crippen LogP contribution in [0, 0.1) is 0 Å². The first kappa shape index (κ1) is 9.33. The lowest BCUT2D eigenvalue weighted by Gasteiger charge is -2.14. The first-order valence-electron chi connectivity index (χ1n) is 5.04. The van der Waals surface area contributed by atoms with E-state index in [0.717, 1.165) is 31.2 Å². The Balaban J connectivity index is 2.12. The van der Waals surface area contributed by atoms with E-state index in [1.54, 1.807) is 6.20 Å². The molecule has 2 N–H and O–H groups in total. The summed E-state index contributed by atoms with van der Waals surface area (Å²) in [5.74, 6) is 0.758. The van der Waals surface area contributed by atoms with Crippen molar-refractivity contribution in [3.63, 3.8) is 0 Å². The van der Waals surface area contributed by atoms with E-state index in [2.05, 4.69) is 20.1 Å². The van der Waals surface area contributed by atoms with Crippen LogP contribution in [0.15, 0.2) is 6.20 Å².